The molecule has 0 fully saturated rings. The lowest BCUT2D eigenvalue weighted by Gasteiger charge is -2.17. The highest BCUT2D eigenvalue weighted by Crippen LogP contribution is 2.23. The summed E-state index contributed by atoms with van der Waals surface area (Å²) in [4.78, 5) is 15.1. The molecule has 0 saturated carbocycles. The average molecular weight is 295 g/mol. The zero-order chi connectivity index (χ0) is 14.0. The van der Waals surface area contributed by atoms with E-state index in [1.54, 1.807) is 24.1 Å². The number of nitrogens with zero attached hydrogens (tertiary/aromatic N) is 1. The number of carbonyl (C=O) groups is 1. The molecule has 0 atom stereocenters. The molecule has 1 amide bonds. The Morgan fingerprint density at radius 3 is 2.74 bits per heavy atom. The molecule has 1 aromatic heterocycles. The number of benzene rings is 1. The molecule has 0 bridgehead atoms. The van der Waals surface area contributed by atoms with Gasteiger partial charge in [0.1, 0.15) is 0 Å². The standard InChI is InChI=1S/C14H15ClN2OS/c1-9-3-4-10(16)7-12(9)14(18)17(2)8-11-5-6-13(15)19-11/h3-7H,8,16H2,1-2H3. The molecule has 0 saturated heterocycles. The number of amides is 1. The molecule has 1 heterocycles. The Labute approximate surface area is 121 Å². The van der Waals surface area contributed by atoms with Crippen LogP contribution in [0.2, 0.25) is 4.34 Å². The lowest BCUT2D eigenvalue weighted by Crippen LogP contribution is -2.26. The van der Waals surface area contributed by atoms with Crippen LogP contribution in [0, 0.1) is 6.92 Å². The fraction of sp³-hybridized carbons (Fsp3) is 0.214. The Morgan fingerprint density at radius 2 is 2.11 bits per heavy atom. The summed E-state index contributed by atoms with van der Waals surface area (Å²) < 4.78 is 0.732. The summed E-state index contributed by atoms with van der Waals surface area (Å²) in [6.07, 6.45) is 0. The second kappa shape index (κ2) is 5.63. The van der Waals surface area contributed by atoms with Gasteiger partial charge in [-0.15, -0.1) is 11.3 Å². The third kappa shape index (κ3) is 3.28. The van der Waals surface area contributed by atoms with Gasteiger partial charge in [-0.1, -0.05) is 17.7 Å². The number of halogens is 1. The average Bonchev–Trinajstić information content (AvgIpc) is 2.77. The van der Waals surface area contributed by atoms with Crippen LogP contribution in [-0.4, -0.2) is 17.9 Å². The van der Waals surface area contributed by atoms with E-state index in [-0.39, 0.29) is 5.91 Å². The third-order valence-electron chi connectivity index (χ3n) is 2.86. The summed E-state index contributed by atoms with van der Waals surface area (Å²) in [6, 6.07) is 9.15. The number of nitrogens with two attached hydrogens (primary N) is 1. The minimum Gasteiger partial charge on any atom is -0.399 e. The number of hydrogen-bond donors (Lipinski definition) is 1. The van der Waals surface area contributed by atoms with Crippen LogP contribution in [0.1, 0.15) is 20.8 Å². The zero-order valence-electron chi connectivity index (χ0n) is 10.8. The largest absolute Gasteiger partial charge is 0.399 e. The van der Waals surface area contributed by atoms with Crippen LogP contribution in [-0.2, 0) is 6.54 Å². The molecule has 0 aliphatic rings. The molecule has 0 spiro atoms. The predicted octanol–water partition coefficient (Wildman–Crippen LogP) is 3.56. The van der Waals surface area contributed by atoms with Gasteiger partial charge in [0.05, 0.1) is 10.9 Å². The van der Waals surface area contributed by atoms with Crippen molar-refractivity contribution in [1.29, 1.82) is 0 Å². The Kier molecular flexibility index (Phi) is 4.12. The number of hydrogen-bond acceptors (Lipinski definition) is 3. The van der Waals surface area contributed by atoms with Crippen molar-refractivity contribution in [2.24, 2.45) is 0 Å². The van der Waals surface area contributed by atoms with Gasteiger partial charge in [0.15, 0.2) is 0 Å². The van der Waals surface area contributed by atoms with Gasteiger partial charge in [0, 0.05) is 23.2 Å². The van der Waals surface area contributed by atoms with E-state index in [4.69, 9.17) is 17.3 Å². The molecule has 0 aliphatic carbocycles. The van der Waals surface area contributed by atoms with Gasteiger partial charge in [-0.2, -0.15) is 0 Å². The number of thiophene rings is 1. The number of anilines is 1. The molecular formula is C14H15ClN2OS. The van der Waals surface area contributed by atoms with Crippen molar-refractivity contribution in [2.75, 3.05) is 12.8 Å². The van der Waals surface area contributed by atoms with E-state index in [1.807, 2.05) is 25.1 Å². The van der Waals surface area contributed by atoms with E-state index in [2.05, 4.69) is 0 Å². The minimum absolute atomic E-state index is 0.0330. The maximum Gasteiger partial charge on any atom is 0.254 e. The van der Waals surface area contributed by atoms with Gasteiger partial charge in [0.2, 0.25) is 0 Å². The zero-order valence-corrected chi connectivity index (χ0v) is 12.4. The fourth-order valence-electron chi connectivity index (χ4n) is 1.82. The van der Waals surface area contributed by atoms with E-state index in [0.717, 1.165) is 14.8 Å². The van der Waals surface area contributed by atoms with Crippen LogP contribution in [0.25, 0.3) is 0 Å². The fourth-order valence-corrected chi connectivity index (χ4v) is 2.96. The van der Waals surface area contributed by atoms with E-state index in [9.17, 15) is 4.79 Å². The second-order valence-electron chi connectivity index (χ2n) is 4.44. The molecule has 2 rings (SSSR count). The first-order valence-electron chi connectivity index (χ1n) is 5.83. The molecule has 0 radical (unpaired) electrons. The van der Waals surface area contributed by atoms with E-state index >= 15 is 0 Å². The van der Waals surface area contributed by atoms with Crippen LogP contribution in [0.3, 0.4) is 0 Å². The first kappa shape index (κ1) is 13.9. The maximum atomic E-state index is 12.4. The number of rotatable bonds is 3. The first-order valence-corrected chi connectivity index (χ1v) is 7.02. The van der Waals surface area contributed by atoms with Crippen molar-refractivity contribution in [3.05, 3.63) is 50.7 Å². The Bertz CT molecular complexity index is 609. The number of aryl methyl sites for hydroxylation is 1. The van der Waals surface area contributed by atoms with Crippen LogP contribution in [0.4, 0.5) is 5.69 Å². The van der Waals surface area contributed by atoms with Crippen LogP contribution >= 0.6 is 22.9 Å². The SMILES string of the molecule is Cc1ccc(N)cc1C(=O)N(C)Cc1ccc(Cl)s1. The van der Waals surface area contributed by atoms with E-state index < -0.39 is 0 Å². The molecular weight excluding hydrogens is 280 g/mol. The van der Waals surface area contributed by atoms with Gasteiger partial charge < -0.3 is 10.6 Å². The monoisotopic (exact) mass is 294 g/mol. The topological polar surface area (TPSA) is 46.3 Å². The van der Waals surface area contributed by atoms with Crippen molar-refractivity contribution in [1.82, 2.24) is 4.90 Å². The van der Waals surface area contributed by atoms with Gasteiger partial charge >= 0.3 is 0 Å². The molecule has 2 aromatic rings. The third-order valence-corrected chi connectivity index (χ3v) is 4.08. The molecule has 0 aliphatic heterocycles. The quantitative estimate of drug-likeness (QED) is 0.880. The molecule has 100 valence electrons. The van der Waals surface area contributed by atoms with E-state index in [0.29, 0.717) is 17.8 Å². The van der Waals surface area contributed by atoms with Crippen LogP contribution < -0.4 is 5.73 Å². The summed E-state index contributed by atoms with van der Waals surface area (Å²) in [7, 11) is 1.78. The normalized spacial score (nSPS) is 10.5. The van der Waals surface area contributed by atoms with Crippen molar-refractivity contribution in [3.8, 4) is 0 Å². The number of carbonyl (C=O) groups excluding carboxylic acids is 1. The highest BCUT2D eigenvalue weighted by molar-refractivity contribution is 7.16. The Morgan fingerprint density at radius 1 is 1.37 bits per heavy atom. The molecule has 19 heavy (non-hydrogen) atoms. The summed E-state index contributed by atoms with van der Waals surface area (Å²) in [6.45, 7) is 2.45. The maximum absolute atomic E-state index is 12.4. The van der Waals surface area contributed by atoms with Crippen molar-refractivity contribution >= 4 is 34.5 Å². The molecule has 5 heteroatoms. The summed E-state index contributed by atoms with van der Waals surface area (Å²) in [5.41, 5.74) is 7.90. The lowest BCUT2D eigenvalue weighted by molar-refractivity contribution is 0.0786. The lowest BCUT2D eigenvalue weighted by atomic mass is 10.1. The van der Waals surface area contributed by atoms with Crippen LogP contribution in [0.15, 0.2) is 30.3 Å². The van der Waals surface area contributed by atoms with E-state index in [1.165, 1.54) is 11.3 Å². The second-order valence-corrected chi connectivity index (χ2v) is 6.24. The highest BCUT2D eigenvalue weighted by atomic mass is 35.5. The molecule has 3 nitrogen and oxygen atoms in total. The molecule has 0 unspecified atom stereocenters. The predicted molar refractivity (Wildman–Crippen MR) is 80.7 cm³/mol. The van der Waals surface area contributed by atoms with Gasteiger partial charge in [-0.3, -0.25) is 4.79 Å². The van der Waals surface area contributed by atoms with Crippen molar-refractivity contribution in [3.63, 3.8) is 0 Å². The first-order chi connectivity index (χ1) is 8.97. The summed E-state index contributed by atoms with van der Waals surface area (Å²) in [5, 5.41) is 0. The smallest absolute Gasteiger partial charge is 0.254 e. The van der Waals surface area contributed by atoms with Crippen molar-refractivity contribution in [2.45, 2.75) is 13.5 Å². The van der Waals surface area contributed by atoms with Crippen LogP contribution in [0.5, 0.6) is 0 Å². The van der Waals surface area contributed by atoms with Gasteiger partial charge in [0.25, 0.3) is 5.91 Å². The van der Waals surface area contributed by atoms with Gasteiger partial charge in [-0.05, 0) is 36.8 Å². The summed E-state index contributed by atoms with van der Waals surface area (Å²) >= 11 is 7.37. The van der Waals surface area contributed by atoms with Crippen molar-refractivity contribution < 1.29 is 4.79 Å². The Hall–Kier alpha value is -1.52. The molecule has 1 aromatic carbocycles. The highest BCUT2D eigenvalue weighted by Gasteiger charge is 2.15. The molecule has 2 N–H and O–H groups in total. The number of nitrogen functional groups attached to an aromatic ring is 1. The Balaban J connectivity index is 2.16. The summed E-state index contributed by atoms with van der Waals surface area (Å²) in [5.74, 6) is -0.0330. The minimum atomic E-state index is -0.0330. The van der Waals surface area contributed by atoms with Gasteiger partial charge in [-0.25, -0.2) is 0 Å².